The van der Waals surface area contributed by atoms with Crippen LogP contribution in [0.1, 0.15) is 22.8 Å². The largest absolute Gasteiger partial charge is 0.342 e. The van der Waals surface area contributed by atoms with E-state index in [-0.39, 0.29) is 17.6 Å². The minimum Gasteiger partial charge on any atom is -0.342 e. The molecular formula is C25H21FIN5O. The van der Waals surface area contributed by atoms with Gasteiger partial charge in [-0.3, -0.25) is 9.79 Å². The highest BCUT2D eigenvalue weighted by Gasteiger charge is 2.18. The van der Waals surface area contributed by atoms with E-state index in [2.05, 4.69) is 45.2 Å². The van der Waals surface area contributed by atoms with Crippen LogP contribution in [0.15, 0.2) is 77.8 Å². The van der Waals surface area contributed by atoms with Crippen LogP contribution in [0, 0.1) is 11.7 Å². The SMILES string of the molecule is CC1C=C(NC(=O)c2cn(Cc3ccc(-c4cnn(I)c4)cc3F)c3ccccc23)C=NC1. The van der Waals surface area contributed by atoms with Gasteiger partial charge in [0.2, 0.25) is 0 Å². The molecule has 8 heteroatoms. The van der Waals surface area contributed by atoms with Gasteiger partial charge in [-0.15, -0.1) is 0 Å². The number of amides is 1. The van der Waals surface area contributed by atoms with Crippen molar-refractivity contribution in [2.45, 2.75) is 13.5 Å². The predicted octanol–water partition coefficient (Wildman–Crippen LogP) is 5.22. The number of para-hydroxylation sites is 1. The molecule has 6 nitrogen and oxygen atoms in total. The van der Waals surface area contributed by atoms with Crippen LogP contribution >= 0.6 is 22.9 Å². The molecule has 1 N–H and O–H groups in total. The number of benzene rings is 2. The molecule has 166 valence electrons. The first-order valence-corrected chi connectivity index (χ1v) is 11.5. The third-order valence-corrected chi connectivity index (χ3v) is 6.19. The van der Waals surface area contributed by atoms with Crippen LogP contribution in [0.2, 0.25) is 0 Å². The minimum absolute atomic E-state index is 0.205. The number of carbonyl (C=O) groups excluding carboxylic acids is 1. The summed E-state index contributed by atoms with van der Waals surface area (Å²) in [6.07, 6.45) is 9.03. The summed E-state index contributed by atoms with van der Waals surface area (Å²) in [5.41, 5.74) is 4.29. The fourth-order valence-electron chi connectivity index (χ4n) is 4.04. The van der Waals surface area contributed by atoms with Crippen LogP contribution in [-0.2, 0) is 6.54 Å². The van der Waals surface area contributed by atoms with E-state index in [0.717, 1.165) is 28.6 Å². The van der Waals surface area contributed by atoms with Gasteiger partial charge in [0, 0.05) is 47.2 Å². The van der Waals surface area contributed by atoms with E-state index in [1.807, 2.05) is 47.2 Å². The summed E-state index contributed by atoms with van der Waals surface area (Å²) in [6.45, 7) is 3.10. The average Bonchev–Trinajstić information content (AvgIpc) is 3.39. The van der Waals surface area contributed by atoms with E-state index in [4.69, 9.17) is 0 Å². The first-order valence-electron chi connectivity index (χ1n) is 10.6. The van der Waals surface area contributed by atoms with Crippen molar-refractivity contribution >= 4 is 45.9 Å². The van der Waals surface area contributed by atoms with Gasteiger partial charge in [0.05, 0.1) is 46.9 Å². The second-order valence-corrected chi connectivity index (χ2v) is 9.15. The molecule has 1 aliphatic rings. The van der Waals surface area contributed by atoms with Crippen LogP contribution in [0.4, 0.5) is 4.39 Å². The molecule has 1 aliphatic heterocycles. The first-order chi connectivity index (χ1) is 16.0. The zero-order valence-electron chi connectivity index (χ0n) is 17.9. The predicted molar refractivity (Wildman–Crippen MR) is 136 cm³/mol. The van der Waals surface area contributed by atoms with Crippen LogP contribution in [0.25, 0.3) is 22.0 Å². The minimum atomic E-state index is -0.296. The number of hydrogen-bond donors (Lipinski definition) is 1. The van der Waals surface area contributed by atoms with Gasteiger partial charge >= 0.3 is 0 Å². The highest BCUT2D eigenvalue weighted by molar-refractivity contribution is 14.1. The highest BCUT2D eigenvalue weighted by atomic mass is 127. The molecular weight excluding hydrogens is 532 g/mol. The Hall–Kier alpha value is -3.27. The molecule has 2 aromatic heterocycles. The molecule has 1 amide bonds. The lowest BCUT2D eigenvalue weighted by atomic mass is 10.1. The van der Waals surface area contributed by atoms with Crippen molar-refractivity contribution in [3.63, 3.8) is 0 Å². The summed E-state index contributed by atoms with van der Waals surface area (Å²) < 4.78 is 18.6. The summed E-state index contributed by atoms with van der Waals surface area (Å²) in [4.78, 5) is 17.3. The summed E-state index contributed by atoms with van der Waals surface area (Å²) in [5, 5.41) is 7.91. The number of allylic oxidation sites excluding steroid dienone is 1. The Morgan fingerprint density at radius 3 is 2.82 bits per heavy atom. The number of carbonyl (C=O) groups is 1. The van der Waals surface area contributed by atoms with Crippen LogP contribution in [0.3, 0.4) is 0 Å². The van der Waals surface area contributed by atoms with Crippen molar-refractivity contribution in [2.75, 3.05) is 6.54 Å². The molecule has 0 saturated heterocycles. The van der Waals surface area contributed by atoms with Crippen LogP contribution in [0.5, 0.6) is 0 Å². The molecule has 0 fully saturated rings. The molecule has 4 aromatic rings. The van der Waals surface area contributed by atoms with Crippen molar-refractivity contribution in [3.8, 4) is 11.1 Å². The van der Waals surface area contributed by atoms with Crippen molar-refractivity contribution in [2.24, 2.45) is 10.9 Å². The number of nitrogens with zero attached hydrogens (tertiary/aromatic N) is 4. The molecule has 3 heterocycles. The number of aliphatic imine (C=N–C) groups is 1. The fourth-order valence-corrected chi connectivity index (χ4v) is 4.46. The monoisotopic (exact) mass is 553 g/mol. The Kier molecular flexibility index (Phi) is 5.84. The van der Waals surface area contributed by atoms with E-state index in [1.165, 1.54) is 6.07 Å². The zero-order chi connectivity index (χ0) is 22.9. The van der Waals surface area contributed by atoms with Gasteiger partial charge in [-0.25, -0.2) is 7.29 Å². The van der Waals surface area contributed by atoms with E-state index < -0.39 is 0 Å². The molecule has 5 rings (SSSR count). The maximum absolute atomic E-state index is 15.0. The zero-order valence-corrected chi connectivity index (χ0v) is 20.0. The number of hydrogen-bond acceptors (Lipinski definition) is 3. The Morgan fingerprint density at radius 1 is 1.21 bits per heavy atom. The summed E-state index contributed by atoms with van der Waals surface area (Å²) in [6, 6.07) is 12.9. The smallest absolute Gasteiger partial charge is 0.257 e. The highest BCUT2D eigenvalue weighted by Crippen LogP contribution is 2.26. The second-order valence-electron chi connectivity index (χ2n) is 8.16. The molecule has 1 unspecified atom stereocenters. The number of aromatic nitrogens is 3. The van der Waals surface area contributed by atoms with Gasteiger partial charge in [0.15, 0.2) is 0 Å². The topological polar surface area (TPSA) is 64.2 Å². The lowest BCUT2D eigenvalue weighted by Gasteiger charge is -2.12. The second kappa shape index (κ2) is 8.93. The van der Waals surface area contributed by atoms with Crippen molar-refractivity contribution in [1.82, 2.24) is 17.9 Å². The molecule has 0 bridgehead atoms. The van der Waals surface area contributed by atoms with Gasteiger partial charge in [-0.05, 0) is 23.6 Å². The summed E-state index contributed by atoms with van der Waals surface area (Å²) in [7, 11) is 0. The van der Waals surface area contributed by atoms with E-state index in [9.17, 15) is 9.18 Å². The lowest BCUT2D eigenvalue weighted by Crippen LogP contribution is -2.25. The summed E-state index contributed by atoms with van der Waals surface area (Å²) >= 11 is 2.06. The molecule has 0 spiro atoms. The number of rotatable bonds is 5. The van der Waals surface area contributed by atoms with Gasteiger partial charge in [-0.2, -0.15) is 5.10 Å². The fraction of sp³-hybridized carbons (Fsp3) is 0.160. The normalized spacial score (nSPS) is 15.6. The third-order valence-electron chi connectivity index (χ3n) is 5.66. The van der Waals surface area contributed by atoms with E-state index >= 15 is 0 Å². The van der Waals surface area contributed by atoms with Crippen molar-refractivity contribution in [1.29, 1.82) is 0 Å². The standard InChI is InChI=1S/C25H21FIN5O/c1-16-8-20(12-28-10-16)30-25(33)22-15-31(24-5-3-2-4-21(22)24)13-18-7-6-17(9-23(18)26)19-11-29-32(27)14-19/h2-9,11-12,14-16H,10,13H2,1H3,(H,30,33). The molecule has 0 saturated carbocycles. The molecule has 33 heavy (non-hydrogen) atoms. The molecule has 0 aliphatic carbocycles. The Balaban J connectivity index is 1.45. The van der Waals surface area contributed by atoms with Crippen LogP contribution < -0.4 is 5.32 Å². The number of nitrogens with one attached hydrogen (secondary N) is 1. The van der Waals surface area contributed by atoms with Crippen LogP contribution in [-0.4, -0.2) is 31.2 Å². The molecule has 2 aromatic carbocycles. The summed E-state index contributed by atoms with van der Waals surface area (Å²) in [5.74, 6) is -0.220. The number of fused-ring (bicyclic) bond motifs is 1. The number of halogens is 2. The van der Waals surface area contributed by atoms with Gasteiger partial charge in [0.1, 0.15) is 5.82 Å². The maximum Gasteiger partial charge on any atom is 0.257 e. The van der Waals surface area contributed by atoms with Crippen molar-refractivity contribution in [3.05, 3.63) is 89.8 Å². The van der Waals surface area contributed by atoms with E-state index in [1.54, 1.807) is 27.6 Å². The third kappa shape index (κ3) is 4.47. The maximum atomic E-state index is 15.0. The quantitative estimate of drug-likeness (QED) is 0.345. The Bertz CT molecular complexity index is 1420. The molecule has 1 atom stereocenters. The average molecular weight is 553 g/mol. The Labute approximate surface area is 204 Å². The first kappa shape index (κ1) is 21.6. The van der Waals surface area contributed by atoms with Gasteiger partial charge < -0.3 is 9.88 Å². The van der Waals surface area contributed by atoms with Crippen molar-refractivity contribution < 1.29 is 9.18 Å². The number of dihydropyridines is 1. The lowest BCUT2D eigenvalue weighted by molar-refractivity contribution is 0.0969. The van der Waals surface area contributed by atoms with Gasteiger partial charge in [0.25, 0.3) is 5.91 Å². The Morgan fingerprint density at radius 2 is 2.06 bits per heavy atom. The van der Waals surface area contributed by atoms with Gasteiger partial charge in [-0.1, -0.05) is 43.3 Å². The van der Waals surface area contributed by atoms with E-state index in [0.29, 0.717) is 23.4 Å². The molecule has 0 radical (unpaired) electrons.